The van der Waals surface area contributed by atoms with Crippen LogP contribution < -0.4 is 10.1 Å². The largest absolute Gasteiger partial charge is 0.489 e. The summed E-state index contributed by atoms with van der Waals surface area (Å²) < 4.78 is 6.00. The molecule has 1 N–H and O–H groups in total. The Kier molecular flexibility index (Phi) is 6.44. The molecule has 5 heteroatoms. The molecule has 0 bridgehead atoms. The van der Waals surface area contributed by atoms with Gasteiger partial charge in [0.05, 0.1) is 5.56 Å². The average molecular weight is 301 g/mol. The van der Waals surface area contributed by atoms with Gasteiger partial charge < -0.3 is 10.1 Å². The third kappa shape index (κ3) is 4.58. The summed E-state index contributed by atoms with van der Waals surface area (Å²) in [5.74, 6) is 1.24. The van der Waals surface area contributed by atoms with Gasteiger partial charge in [-0.15, -0.1) is 12.4 Å². The van der Waals surface area contributed by atoms with E-state index in [2.05, 4.69) is 11.4 Å². The number of hydrogen-bond donors (Lipinski definition) is 1. The lowest BCUT2D eigenvalue weighted by molar-refractivity contribution is 0.167. The highest BCUT2D eigenvalue weighted by molar-refractivity contribution is 6.30. The number of hydrogen-bond acceptors (Lipinski definition) is 3. The van der Waals surface area contributed by atoms with E-state index in [0.29, 0.717) is 22.3 Å². The van der Waals surface area contributed by atoms with Crippen LogP contribution >= 0.6 is 24.0 Å². The van der Waals surface area contributed by atoms with Crippen molar-refractivity contribution in [1.29, 1.82) is 5.26 Å². The lowest BCUT2D eigenvalue weighted by Crippen LogP contribution is -2.24. The Balaban J connectivity index is 0.00000180. The predicted molar refractivity (Wildman–Crippen MR) is 79.1 cm³/mol. The Hall–Kier alpha value is -0.950. The van der Waals surface area contributed by atoms with E-state index in [1.165, 1.54) is 12.8 Å². The molecule has 1 saturated carbocycles. The highest BCUT2D eigenvalue weighted by Gasteiger charge is 2.32. The van der Waals surface area contributed by atoms with E-state index in [1.807, 2.05) is 7.05 Å². The molecule has 0 saturated heterocycles. The molecule has 1 aliphatic rings. The topological polar surface area (TPSA) is 45.0 Å². The summed E-state index contributed by atoms with van der Waals surface area (Å²) in [5.41, 5.74) is 0.550. The Morgan fingerprint density at radius 1 is 1.53 bits per heavy atom. The van der Waals surface area contributed by atoms with E-state index in [4.69, 9.17) is 21.6 Å². The molecule has 1 aliphatic carbocycles. The molecule has 0 heterocycles. The first-order valence-corrected chi connectivity index (χ1v) is 6.63. The Labute approximate surface area is 125 Å². The lowest BCUT2D eigenvalue weighted by Gasteiger charge is -2.19. The zero-order valence-electron chi connectivity index (χ0n) is 10.9. The number of ether oxygens (including phenoxy) is 1. The van der Waals surface area contributed by atoms with Crippen molar-refractivity contribution < 1.29 is 4.74 Å². The van der Waals surface area contributed by atoms with Gasteiger partial charge >= 0.3 is 0 Å². The minimum Gasteiger partial charge on any atom is -0.489 e. The molecular weight excluding hydrogens is 283 g/mol. The standard InChI is InChI=1S/C14H17ClN2O.ClH/c1-17-7-6-13(10-2-3-10)18-14-8-12(15)5-4-11(14)9-16;/h4-5,8,10,13,17H,2-3,6-7H2,1H3;1H. The molecule has 2 rings (SSSR count). The Morgan fingerprint density at radius 3 is 2.84 bits per heavy atom. The van der Waals surface area contributed by atoms with Gasteiger partial charge in [-0.3, -0.25) is 0 Å². The summed E-state index contributed by atoms with van der Waals surface area (Å²) in [7, 11) is 1.93. The van der Waals surface area contributed by atoms with E-state index in [-0.39, 0.29) is 18.5 Å². The zero-order chi connectivity index (χ0) is 13.0. The van der Waals surface area contributed by atoms with E-state index >= 15 is 0 Å². The molecule has 0 aliphatic heterocycles. The van der Waals surface area contributed by atoms with Crippen LogP contribution in [0.3, 0.4) is 0 Å². The van der Waals surface area contributed by atoms with Gasteiger partial charge in [0, 0.05) is 11.1 Å². The van der Waals surface area contributed by atoms with E-state index in [0.717, 1.165) is 13.0 Å². The van der Waals surface area contributed by atoms with Crippen LogP contribution in [0.25, 0.3) is 0 Å². The first-order chi connectivity index (χ1) is 8.74. The fourth-order valence-corrected chi connectivity index (χ4v) is 2.16. The van der Waals surface area contributed by atoms with Crippen molar-refractivity contribution in [3.63, 3.8) is 0 Å². The van der Waals surface area contributed by atoms with Crippen LogP contribution in [0.5, 0.6) is 5.75 Å². The van der Waals surface area contributed by atoms with Crippen LogP contribution in [-0.2, 0) is 0 Å². The maximum atomic E-state index is 9.07. The van der Waals surface area contributed by atoms with Crippen molar-refractivity contribution in [3.05, 3.63) is 28.8 Å². The molecule has 1 fully saturated rings. The third-order valence-corrected chi connectivity index (χ3v) is 3.40. The maximum Gasteiger partial charge on any atom is 0.138 e. The molecule has 0 radical (unpaired) electrons. The number of benzene rings is 1. The van der Waals surface area contributed by atoms with Crippen LogP contribution in [0.1, 0.15) is 24.8 Å². The molecule has 0 aromatic heterocycles. The highest BCUT2D eigenvalue weighted by atomic mass is 35.5. The monoisotopic (exact) mass is 300 g/mol. The molecule has 104 valence electrons. The summed E-state index contributed by atoms with van der Waals surface area (Å²) in [6.45, 7) is 0.920. The fraction of sp³-hybridized carbons (Fsp3) is 0.500. The molecule has 1 unspecified atom stereocenters. The second-order valence-electron chi connectivity index (χ2n) is 4.64. The quantitative estimate of drug-likeness (QED) is 0.876. The van der Waals surface area contributed by atoms with Crippen molar-refractivity contribution in [3.8, 4) is 11.8 Å². The number of nitriles is 1. The van der Waals surface area contributed by atoms with Gasteiger partial charge in [-0.1, -0.05) is 11.6 Å². The molecule has 0 spiro atoms. The smallest absolute Gasteiger partial charge is 0.138 e. The normalized spacial score (nSPS) is 15.2. The third-order valence-electron chi connectivity index (χ3n) is 3.17. The van der Waals surface area contributed by atoms with Gasteiger partial charge in [-0.2, -0.15) is 5.26 Å². The molecule has 1 aromatic rings. The zero-order valence-corrected chi connectivity index (χ0v) is 12.4. The number of nitrogens with zero attached hydrogens (tertiary/aromatic N) is 1. The van der Waals surface area contributed by atoms with Gasteiger partial charge in [0.1, 0.15) is 17.9 Å². The van der Waals surface area contributed by atoms with Gasteiger partial charge in [0.2, 0.25) is 0 Å². The number of nitrogens with one attached hydrogen (secondary N) is 1. The summed E-state index contributed by atoms with van der Waals surface area (Å²) in [6.07, 6.45) is 3.58. The second kappa shape index (κ2) is 7.59. The SMILES string of the molecule is CNCCC(Oc1cc(Cl)ccc1C#N)C1CC1.Cl. The predicted octanol–water partition coefficient (Wildman–Crippen LogP) is 3.40. The van der Waals surface area contributed by atoms with Crippen molar-refractivity contribution in [2.24, 2.45) is 5.92 Å². The van der Waals surface area contributed by atoms with Gasteiger partial charge in [-0.25, -0.2) is 0 Å². The minimum atomic E-state index is 0. The van der Waals surface area contributed by atoms with Crippen LogP contribution in [0.2, 0.25) is 5.02 Å². The molecule has 3 nitrogen and oxygen atoms in total. The first-order valence-electron chi connectivity index (χ1n) is 6.25. The van der Waals surface area contributed by atoms with Crippen molar-refractivity contribution in [2.75, 3.05) is 13.6 Å². The van der Waals surface area contributed by atoms with Crippen LogP contribution in [0.4, 0.5) is 0 Å². The summed E-state index contributed by atoms with van der Waals surface area (Å²) in [5, 5.41) is 12.8. The van der Waals surface area contributed by atoms with Crippen LogP contribution in [-0.4, -0.2) is 19.7 Å². The molecule has 19 heavy (non-hydrogen) atoms. The summed E-state index contributed by atoms with van der Waals surface area (Å²) in [4.78, 5) is 0. The van der Waals surface area contributed by atoms with Crippen LogP contribution in [0.15, 0.2) is 18.2 Å². The van der Waals surface area contributed by atoms with E-state index < -0.39 is 0 Å². The van der Waals surface area contributed by atoms with E-state index in [1.54, 1.807) is 18.2 Å². The molecule has 0 amide bonds. The van der Waals surface area contributed by atoms with Gasteiger partial charge in [0.15, 0.2) is 0 Å². The molecule has 1 aromatic carbocycles. The Bertz CT molecular complexity index is 455. The second-order valence-corrected chi connectivity index (χ2v) is 5.07. The summed E-state index contributed by atoms with van der Waals surface area (Å²) >= 11 is 5.96. The van der Waals surface area contributed by atoms with Crippen molar-refractivity contribution >= 4 is 24.0 Å². The average Bonchev–Trinajstić information content (AvgIpc) is 3.19. The minimum absolute atomic E-state index is 0. The molecular formula is C14H18Cl2N2O. The lowest BCUT2D eigenvalue weighted by atomic mass is 10.1. The fourth-order valence-electron chi connectivity index (χ4n) is 1.99. The van der Waals surface area contributed by atoms with Gasteiger partial charge in [0.25, 0.3) is 0 Å². The van der Waals surface area contributed by atoms with Crippen molar-refractivity contribution in [2.45, 2.75) is 25.4 Å². The van der Waals surface area contributed by atoms with E-state index in [9.17, 15) is 0 Å². The van der Waals surface area contributed by atoms with Crippen LogP contribution in [0, 0.1) is 17.2 Å². The number of rotatable bonds is 6. The maximum absolute atomic E-state index is 9.07. The first kappa shape index (κ1) is 16.1. The summed E-state index contributed by atoms with van der Waals surface area (Å²) in [6, 6.07) is 7.30. The highest BCUT2D eigenvalue weighted by Crippen LogP contribution is 2.37. The number of halogens is 2. The van der Waals surface area contributed by atoms with Gasteiger partial charge in [-0.05, 0) is 50.9 Å². The Morgan fingerprint density at radius 2 is 2.26 bits per heavy atom. The van der Waals surface area contributed by atoms with Crippen molar-refractivity contribution in [1.82, 2.24) is 5.32 Å². The molecule has 1 atom stereocenters.